The molecule has 0 bridgehead atoms. The van der Waals surface area contributed by atoms with E-state index < -0.39 is 22.8 Å². The Bertz CT molecular complexity index is 536. The summed E-state index contributed by atoms with van der Waals surface area (Å²) in [5.41, 5.74) is -1.91. The van der Waals surface area contributed by atoms with Gasteiger partial charge in [-0.25, -0.2) is 8.78 Å². The van der Waals surface area contributed by atoms with Crippen molar-refractivity contribution < 1.29 is 18.3 Å². The molecule has 1 unspecified atom stereocenters. The van der Waals surface area contributed by atoms with E-state index in [4.69, 9.17) is 4.42 Å². The maximum atomic E-state index is 13.9. The Kier molecular flexibility index (Phi) is 3.05. The van der Waals surface area contributed by atoms with Gasteiger partial charge < -0.3 is 9.52 Å². The van der Waals surface area contributed by atoms with Gasteiger partial charge in [-0.2, -0.15) is 0 Å². The molecule has 2 aromatic rings. The van der Waals surface area contributed by atoms with E-state index in [1.165, 1.54) is 31.6 Å². The summed E-state index contributed by atoms with van der Waals surface area (Å²) in [5, 5.41) is 10.3. The Balaban J connectivity index is 2.65. The summed E-state index contributed by atoms with van der Waals surface area (Å²) in [6.07, 6.45) is 2.58. The van der Waals surface area contributed by atoms with Gasteiger partial charge in [-0.05, 0) is 41.1 Å². The normalized spacial score (nSPS) is 14.6. The van der Waals surface area contributed by atoms with Gasteiger partial charge in [0.2, 0.25) is 0 Å². The SMILES string of the molecule is CC(O)(c1ccoc1)c1c(F)ccc(Br)c1F. The maximum Gasteiger partial charge on any atom is 0.146 e. The van der Waals surface area contributed by atoms with Crippen molar-refractivity contribution in [2.24, 2.45) is 0 Å². The Hall–Kier alpha value is -1.20. The fourth-order valence-corrected chi connectivity index (χ4v) is 1.99. The van der Waals surface area contributed by atoms with Gasteiger partial charge in [-0.1, -0.05) is 0 Å². The van der Waals surface area contributed by atoms with E-state index in [-0.39, 0.29) is 10.0 Å². The third-order valence-electron chi connectivity index (χ3n) is 2.61. The molecule has 0 aliphatic heterocycles. The zero-order valence-corrected chi connectivity index (χ0v) is 10.5. The van der Waals surface area contributed by atoms with E-state index in [0.29, 0.717) is 0 Å². The van der Waals surface area contributed by atoms with Crippen LogP contribution in [0.5, 0.6) is 0 Å². The fourth-order valence-electron chi connectivity index (χ4n) is 1.66. The molecule has 0 fully saturated rings. The van der Waals surface area contributed by atoms with Crippen LogP contribution in [0, 0.1) is 11.6 Å². The van der Waals surface area contributed by atoms with E-state index >= 15 is 0 Å². The molecule has 1 aromatic heterocycles. The molecule has 1 aromatic carbocycles. The van der Waals surface area contributed by atoms with Gasteiger partial charge in [-0.3, -0.25) is 0 Å². The van der Waals surface area contributed by atoms with Crippen LogP contribution in [0.1, 0.15) is 18.1 Å². The molecule has 90 valence electrons. The summed E-state index contributed by atoms with van der Waals surface area (Å²) >= 11 is 2.96. The number of hydrogen-bond acceptors (Lipinski definition) is 2. The molecule has 1 heterocycles. The van der Waals surface area contributed by atoms with Crippen molar-refractivity contribution >= 4 is 15.9 Å². The molecule has 0 aliphatic rings. The third-order valence-corrected chi connectivity index (χ3v) is 3.23. The number of benzene rings is 1. The van der Waals surface area contributed by atoms with Crippen LogP contribution in [0.25, 0.3) is 0 Å². The van der Waals surface area contributed by atoms with Gasteiger partial charge in [0.05, 0.1) is 22.6 Å². The van der Waals surface area contributed by atoms with Crippen molar-refractivity contribution in [3.63, 3.8) is 0 Å². The van der Waals surface area contributed by atoms with Crippen molar-refractivity contribution in [2.75, 3.05) is 0 Å². The minimum absolute atomic E-state index is 0.0951. The molecule has 0 spiro atoms. The summed E-state index contributed by atoms with van der Waals surface area (Å²) < 4.78 is 32.4. The Morgan fingerprint density at radius 3 is 2.59 bits per heavy atom. The highest BCUT2D eigenvalue weighted by Gasteiger charge is 2.33. The number of rotatable bonds is 2. The van der Waals surface area contributed by atoms with Gasteiger partial charge in [0.25, 0.3) is 0 Å². The Morgan fingerprint density at radius 2 is 2.00 bits per heavy atom. The van der Waals surface area contributed by atoms with Crippen molar-refractivity contribution in [1.82, 2.24) is 0 Å². The zero-order valence-electron chi connectivity index (χ0n) is 8.88. The second-order valence-electron chi connectivity index (χ2n) is 3.80. The lowest BCUT2D eigenvalue weighted by Crippen LogP contribution is -2.25. The minimum atomic E-state index is -1.79. The lowest BCUT2D eigenvalue weighted by Gasteiger charge is -2.23. The summed E-state index contributed by atoms with van der Waals surface area (Å²) in [7, 11) is 0. The average molecular weight is 303 g/mol. The number of halogens is 3. The number of hydrogen-bond donors (Lipinski definition) is 1. The molecule has 0 aliphatic carbocycles. The van der Waals surface area contributed by atoms with Crippen molar-refractivity contribution in [3.05, 3.63) is 58.0 Å². The summed E-state index contributed by atoms with van der Waals surface area (Å²) in [6.45, 7) is 1.31. The molecule has 1 atom stereocenters. The van der Waals surface area contributed by atoms with Crippen LogP contribution < -0.4 is 0 Å². The zero-order chi connectivity index (χ0) is 12.6. The minimum Gasteiger partial charge on any atom is -0.472 e. The van der Waals surface area contributed by atoms with E-state index in [0.717, 1.165) is 6.07 Å². The highest BCUT2D eigenvalue weighted by molar-refractivity contribution is 9.10. The van der Waals surface area contributed by atoms with Crippen molar-refractivity contribution in [2.45, 2.75) is 12.5 Å². The van der Waals surface area contributed by atoms with Crippen LogP contribution in [-0.2, 0) is 5.60 Å². The van der Waals surface area contributed by atoms with Crippen molar-refractivity contribution in [3.8, 4) is 0 Å². The van der Waals surface area contributed by atoms with Crippen LogP contribution >= 0.6 is 15.9 Å². The van der Waals surface area contributed by atoms with Gasteiger partial charge in [0, 0.05) is 5.56 Å². The smallest absolute Gasteiger partial charge is 0.146 e. The fraction of sp³-hybridized carbons (Fsp3) is 0.167. The first-order valence-electron chi connectivity index (χ1n) is 4.83. The largest absolute Gasteiger partial charge is 0.472 e. The Morgan fingerprint density at radius 1 is 1.29 bits per heavy atom. The molecule has 5 heteroatoms. The molecule has 0 saturated carbocycles. The summed E-state index contributed by atoms with van der Waals surface area (Å²) in [4.78, 5) is 0. The van der Waals surface area contributed by atoms with Gasteiger partial charge in [-0.15, -0.1) is 0 Å². The van der Waals surface area contributed by atoms with Gasteiger partial charge in [0.15, 0.2) is 0 Å². The average Bonchev–Trinajstić information content (AvgIpc) is 2.77. The highest BCUT2D eigenvalue weighted by atomic mass is 79.9. The van der Waals surface area contributed by atoms with E-state index in [1.807, 2.05) is 0 Å². The lowest BCUT2D eigenvalue weighted by atomic mass is 9.89. The number of aliphatic hydroxyl groups is 1. The van der Waals surface area contributed by atoms with Crippen LogP contribution in [-0.4, -0.2) is 5.11 Å². The van der Waals surface area contributed by atoms with Gasteiger partial charge >= 0.3 is 0 Å². The standard InChI is InChI=1S/C12H9BrF2O2/c1-12(16,7-4-5-17-6-7)10-9(14)3-2-8(13)11(10)15/h2-6,16H,1H3. The summed E-state index contributed by atoms with van der Waals surface area (Å²) in [6, 6.07) is 3.80. The molecule has 0 saturated heterocycles. The highest BCUT2D eigenvalue weighted by Crippen LogP contribution is 2.35. The predicted molar refractivity (Wildman–Crippen MR) is 61.4 cm³/mol. The summed E-state index contributed by atoms with van der Waals surface area (Å²) in [5.74, 6) is -1.63. The first-order valence-corrected chi connectivity index (χ1v) is 5.63. The number of furan rings is 1. The molecule has 2 nitrogen and oxygen atoms in total. The molecule has 17 heavy (non-hydrogen) atoms. The molecular formula is C12H9BrF2O2. The first kappa shape index (κ1) is 12.3. The Labute approximate surface area is 105 Å². The van der Waals surface area contributed by atoms with Crippen LogP contribution in [0.3, 0.4) is 0 Å². The molecule has 0 radical (unpaired) electrons. The van der Waals surface area contributed by atoms with Crippen LogP contribution in [0.15, 0.2) is 39.6 Å². The monoisotopic (exact) mass is 302 g/mol. The molecule has 2 rings (SSSR count). The van der Waals surface area contributed by atoms with Gasteiger partial charge in [0.1, 0.15) is 17.2 Å². The third kappa shape index (κ3) is 2.00. The predicted octanol–water partition coefficient (Wildman–Crippen LogP) is 3.58. The quantitative estimate of drug-likeness (QED) is 0.860. The van der Waals surface area contributed by atoms with Crippen LogP contribution in [0.4, 0.5) is 8.78 Å². The molecule has 0 amide bonds. The topological polar surface area (TPSA) is 33.4 Å². The van der Waals surface area contributed by atoms with E-state index in [9.17, 15) is 13.9 Å². The lowest BCUT2D eigenvalue weighted by molar-refractivity contribution is 0.0925. The van der Waals surface area contributed by atoms with Crippen molar-refractivity contribution in [1.29, 1.82) is 0 Å². The second-order valence-corrected chi connectivity index (χ2v) is 4.66. The van der Waals surface area contributed by atoms with E-state index in [2.05, 4.69) is 15.9 Å². The van der Waals surface area contributed by atoms with E-state index in [1.54, 1.807) is 0 Å². The van der Waals surface area contributed by atoms with Crippen LogP contribution in [0.2, 0.25) is 0 Å². The maximum absolute atomic E-state index is 13.9. The molecule has 1 N–H and O–H groups in total. The second kappa shape index (κ2) is 4.23. The molecular weight excluding hydrogens is 294 g/mol. The first-order chi connectivity index (χ1) is 7.94.